The highest BCUT2D eigenvalue weighted by atomic mass is 35.5. The number of alkyl halides is 1. The summed E-state index contributed by atoms with van der Waals surface area (Å²) in [7, 11) is -3.39. The van der Waals surface area contributed by atoms with Gasteiger partial charge in [0, 0.05) is 31.7 Å². The van der Waals surface area contributed by atoms with E-state index in [0.717, 1.165) is 6.42 Å². The van der Waals surface area contributed by atoms with Crippen molar-refractivity contribution in [1.82, 2.24) is 14.1 Å². The van der Waals surface area contributed by atoms with Gasteiger partial charge in [-0.25, -0.2) is 8.42 Å². The Morgan fingerprint density at radius 2 is 2.06 bits per heavy atom. The molecule has 7 heteroatoms. The van der Waals surface area contributed by atoms with Crippen molar-refractivity contribution in [2.24, 2.45) is 0 Å². The highest BCUT2D eigenvalue weighted by Gasteiger charge is 2.22. The molecular weight excluding hydrogens is 262 g/mol. The van der Waals surface area contributed by atoms with Gasteiger partial charge in [0.25, 0.3) is 0 Å². The third kappa shape index (κ3) is 3.43. The molecule has 0 saturated heterocycles. The number of halogens is 1. The molecule has 0 aliphatic carbocycles. The van der Waals surface area contributed by atoms with Crippen LogP contribution in [0, 0.1) is 0 Å². The fourth-order valence-corrected chi connectivity index (χ4v) is 3.07. The van der Waals surface area contributed by atoms with E-state index >= 15 is 0 Å². The molecule has 0 radical (unpaired) electrons. The summed E-state index contributed by atoms with van der Waals surface area (Å²) in [6.07, 6.45) is 3.72. The summed E-state index contributed by atoms with van der Waals surface area (Å²) in [4.78, 5) is 0.246. The molecule has 5 nitrogen and oxygen atoms in total. The van der Waals surface area contributed by atoms with Crippen molar-refractivity contribution >= 4 is 21.6 Å². The summed E-state index contributed by atoms with van der Waals surface area (Å²) in [6, 6.07) is 0. The maximum atomic E-state index is 12.1. The van der Waals surface area contributed by atoms with Gasteiger partial charge in [-0.3, -0.25) is 4.68 Å². The second kappa shape index (κ2) is 6.37. The number of nitrogens with zero attached hydrogens (tertiary/aromatic N) is 3. The van der Waals surface area contributed by atoms with Crippen LogP contribution in [-0.4, -0.2) is 41.5 Å². The van der Waals surface area contributed by atoms with Gasteiger partial charge in [0.2, 0.25) is 10.0 Å². The van der Waals surface area contributed by atoms with Crippen LogP contribution in [0.4, 0.5) is 0 Å². The van der Waals surface area contributed by atoms with E-state index in [-0.39, 0.29) is 4.90 Å². The van der Waals surface area contributed by atoms with Gasteiger partial charge in [0.1, 0.15) is 4.90 Å². The molecule has 1 aromatic rings. The largest absolute Gasteiger partial charge is 0.271 e. The van der Waals surface area contributed by atoms with Crippen molar-refractivity contribution in [3.05, 3.63) is 12.4 Å². The Hall–Kier alpha value is -0.590. The topological polar surface area (TPSA) is 55.2 Å². The van der Waals surface area contributed by atoms with E-state index in [1.165, 1.54) is 10.5 Å². The lowest BCUT2D eigenvalue weighted by atomic mass is 10.5. The minimum absolute atomic E-state index is 0.246. The second-order valence-corrected chi connectivity index (χ2v) is 5.89. The van der Waals surface area contributed by atoms with Crippen LogP contribution in [0.3, 0.4) is 0 Å². The molecule has 0 aliphatic rings. The van der Waals surface area contributed by atoms with E-state index in [4.69, 9.17) is 11.6 Å². The van der Waals surface area contributed by atoms with Crippen LogP contribution in [0.15, 0.2) is 17.3 Å². The van der Waals surface area contributed by atoms with Crippen LogP contribution in [0.5, 0.6) is 0 Å². The molecule has 0 aromatic carbocycles. The number of sulfonamides is 1. The summed E-state index contributed by atoms with van der Waals surface area (Å²) < 4.78 is 27.3. The first-order chi connectivity index (χ1) is 8.06. The Labute approximate surface area is 107 Å². The molecule has 0 fully saturated rings. The van der Waals surface area contributed by atoms with E-state index in [0.29, 0.717) is 25.5 Å². The molecule has 0 amide bonds. The van der Waals surface area contributed by atoms with Crippen molar-refractivity contribution in [1.29, 1.82) is 0 Å². The van der Waals surface area contributed by atoms with Crippen LogP contribution in [0.25, 0.3) is 0 Å². The van der Waals surface area contributed by atoms with Crippen LogP contribution < -0.4 is 0 Å². The molecule has 1 heterocycles. The maximum Gasteiger partial charge on any atom is 0.246 e. The van der Waals surface area contributed by atoms with Crippen molar-refractivity contribution in [2.45, 2.75) is 31.7 Å². The molecule has 0 spiro atoms. The highest BCUT2D eigenvalue weighted by molar-refractivity contribution is 7.89. The number of aryl methyl sites for hydroxylation is 1. The van der Waals surface area contributed by atoms with E-state index in [2.05, 4.69) is 5.10 Å². The molecule has 0 atom stereocenters. The van der Waals surface area contributed by atoms with E-state index in [1.54, 1.807) is 10.9 Å². The quantitative estimate of drug-likeness (QED) is 0.712. The van der Waals surface area contributed by atoms with Crippen molar-refractivity contribution in [2.75, 3.05) is 19.0 Å². The molecule has 0 bridgehead atoms. The maximum absolute atomic E-state index is 12.1. The Bertz CT molecular complexity index is 440. The third-order valence-electron chi connectivity index (χ3n) is 2.47. The van der Waals surface area contributed by atoms with Gasteiger partial charge in [-0.15, -0.1) is 11.6 Å². The molecule has 98 valence electrons. The smallest absolute Gasteiger partial charge is 0.246 e. The Balaban J connectivity index is 2.88. The molecule has 0 saturated carbocycles. The summed E-state index contributed by atoms with van der Waals surface area (Å²) in [6.45, 7) is 5.20. The zero-order valence-corrected chi connectivity index (χ0v) is 11.7. The van der Waals surface area contributed by atoms with E-state index in [1.807, 2.05) is 13.8 Å². The normalized spacial score (nSPS) is 12.2. The van der Waals surface area contributed by atoms with Gasteiger partial charge in [-0.2, -0.15) is 9.40 Å². The molecule has 17 heavy (non-hydrogen) atoms. The lowest BCUT2D eigenvalue weighted by Gasteiger charge is -2.16. The van der Waals surface area contributed by atoms with Crippen molar-refractivity contribution in [3.8, 4) is 0 Å². The Morgan fingerprint density at radius 3 is 2.59 bits per heavy atom. The third-order valence-corrected chi connectivity index (χ3v) is 4.74. The molecular formula is C10H18ClN3O2S. The molecule has 0 unspecified atom stereocenters. The highest BCUT2D eigenvalue weighted by Crippen LogP contribution is 2.14. The molecule has 0 aliphatic heterocycles. The number of hydrogen-bond donors (Lipinski definition) is 0. The van der Waals surface area contributed by atoms with Gasteiger partial charge >= 0.3 is 0 Å². The van der Waals surface area contributed by atoms with E-state index < -0.39 is 10.0 Å². The summed E-state index contributed by atoms with van der Waals surface area (Å²) in [5.74, 6) is 0.540. The van der Waals surface area contributed by atoms with Gasteiger partial charge in [0.05, 0.1) is 6.20 Å². The fourth-order valence-electron chi connectivity index (χ4n) is 1.53. The summed E-state index contributed by atoms with van der Waals surface area (Å²) in [5, 5.41) is 4.02. The first-order valence-corrected chi connectivity index (χ1v) is 7.62. The fraction of sp³-hybridized carbons (Fsp3) is 0.700. The minimum atomic E-state index is -3.39. The molecule has 0 N–H and O–H groups in total. The lowest BCUT2D eigenvalue weighted by Crippen LogP contribution is -2.30. The van der Waals surface area contributed by atoms with Gasteiger partial charge in [0.15, 0.2) is 0 Å². The van der Waals surface area contributed by atoms with Crippen LogP contribution in [0.1, 0.15) is 20.3 Å². The zero-order valence-electron chi connectivity index (χ0n) is 10.1. The van der Waals surface area contributed by atoms with Crippen molar-refractivity contribution < 1.29 is 8.42 Å². The average Bonchev–Trinajstić information content (AvgIpc) is 2.77. The van der Waals surface area contributed by atoms with Crippen LogP contribution in [0.2, 0.25) is 0 Å². The Kier molecular flexibility index (Phi) is 5.42. The first-order valence-electron chi connectivity index (χ1n) is 5.64. The van der Waals surface area contributed by atoms with Gasteiger partial charge in [-0.1, -0.05) is 13.8 Å². The average molecular weight is 280 g/mol. The van der Waals surface area contributed by atoms with E-state index in [9.17, 15) is 8.42 Å². The lowest BCUT2D eigenvalue weighted by molar-refractivity contribution is 0.445. The minimum Gasteiger partial charge on any atom is -0.271 e. The predicted octanol–water partition coefficient (Wildman–Crippen LogP) is 1.54. The Morgan fingerprint density at radius 1 is 1.41 bits per heavy atom. The zero-order chi connectivity index (χ0) is 12.9. The standard InChI is InChI=1S/C10H18ClN3O2S/c1-3-14(4-2)17(15,16)10-8-12-13(9-10)7-5-6-11/h8-9H,3-7H2,1-2H3. The number of rotatable bonds is 7. The molecule has 1 rings (SSSR count). The summed E-state index contributed by atoms with van der Waals surface area (Å²) in [5.41, 5.74) is 0. The monoisotopic (exact) mass is 279 g/mol. The number of hydrogen-bond acceptors (Lipinski definition) is 3. The second-order valence-electron chi connectivity index (χ2n) is 3.57. The van der Waals surface area contributed by atoms with Gasteiger partial charge < -0.3 is 0 Å². The molecule has 1 aromatic heterocycles. The van der Waals surface area contributed by atoms with Crippen LogP contribution >= 0.6 is 11.6 Å². The SMILES string of the molecule is CCN(CC)S(=O)(=O)c1cnn(CCCCl)c1. The number of aromatic nitrogens is 2. The van der Waals surface area contributed by atoms with Gasteiger partial charge in [-0.05, 0) is 6.42 Å². The van der Waals surface area contributed by atoms with Crippen molar-refractivity contribution in [3.63, 3.8) is 0 Å². The first kappa shape index (κ1) is 14.5. The predicted molar refractivity (Wildman–Crippen MR) is 67.7 cm³/mol. The van der Waals surface area contributed by atoms with Crippen LogP contribution in [-0.2, 0) is 16.6 Å². The summed E-state index contributed by atoms with van der Waals surface area (Å²) >= 11 is 5.58.